The summed E-state index contributed by atoms with van der Waals surface area (Å²) in [5, 5.41) is 2.34. The largest absolute Gasteiger partial charge is 0.494 e. The monoisotopic (exact) mass is 649 g/mol. The zero-order chi connectivity index (χ0) is 34.1. The van der Waals surface area contributed by atoms with E-state index >= 15 is 0 Å². The minimum Gasteiger partial charge on any atom is -0.494 e. The molecule has 0 aliphatic rings. The van der Waals surface area contributed by atoms with Crippen molar-refractivity contribution in [3.8, 4) is 23.3 Å². The second-order valence-corrected chi connectivity index (χ2v) is 9.87. The summed E-state index contributed by atoms with van der Waals surface area (Å²) in [6.07, 6.45) is -0.0338. The van der Waals surface area contributed by atoms with Crippen LogP contribution in [0.25, 0.3) is 0 Å². The Morgan fingerprint density at radius 1 is 0.681 bits per heavy atom. The van der Waals surface area contributed by atoms with Crippen LogP contribution in [-0.4, -0.2) is 44.3 Å². The fraction of sp³-hybridized carbons (Fsp3) is 0.250. The standard InChI is InChI=1S/C36H34F3NO7/c1-3-33(41)46-23-7-5-21-44-29-16-11-26(12-17-29)9-10-27-13-20-32(31(25-27)36(37,38)39)40-35(43)28-14-18-30(19-15-28)45-22-6-8-24-47-34(42)4-2/h3-4,11-20,25H,1-2,5-8,21-24H2,(H,40,43). The molecule has 0 atom stereocenters. The molecule has 0 saturated heterocycles. The zero-order valence-electron chi connectivity index (χ0n) is 25.6. The second-order valence-electron chi connectivity index (χ2n) is 9.87. The number of ether oxygens (including phenoxy) is 4. The van der Waals surface area contributed by atoms with E-state index in [0.29, 0.717) is 56.0 Å². The molecule has 3 aromatic carbocycles. The molecule has 246 valence electrons. The lowest BCUT2D eigenvalue weighted by atomic mass is 10.1. The molecule has 3 aromatic rings. The predicted molar refractivity (Wildman–Crippen MR) is 170 cm³/mol. The van der Waals surface area contributed by atoms with Gasteiger partial charge in [-0.15, -0.1) is 0 Å². The van der Waals surface area contributed by atoms with Gasteiger partial charge in [0, 0.05) is 28.8 Å². The van der Waals surface area contributed by atoms with Crippen molar-refractivity contribution in [1.29, 1.82) is 0 Å². The normalized spacial score (nSPS) is 10.5. The van der Waals surface area contributed by atoms with Gasteiger partial charge in [0.05, 0.1) is 37.7 Å². The Morgan fingerprint density at radius 2 is 1.15 bits per heavy atom. The Labute approximate surface area is 271 Å². The van der Waals surface area contributed by atoms with Gasteiger partial charge >= 0.3 is 18.1 Å². The first-order valence-corrected chi connectivity index (χ1v) is 14.7. The number of nitrogens with one attached hydrogen (secondary N) is 1. The molecule has 0 aliphatic heterocycles. The Bertz CT molecular complexity index is 1590. The molecular formula is C36H34F3NO7. The molecule has 0 unspecified atom stereocenters. The fourth-order valence-corrected chi connectivity index (χ4v) is 3.89. The van der Waals surface area contributed by atoms with Crippen LogP contribution in [-0.2, 0) is 25.2 Å². The van der Waals surface area contributed by atoms with E-state index in [-0.39, 0.29) is 24.3 Å². The van der Waals surface area contributed by atoms with Gasteiger partial charge in [-0.3, -0.25) is 4.79 Å². The van der Waals surface area contributed by atoms with Crippen LogP contribution in [0.2, 0.25) is 0 Å². The fourth-order valence-electron chi connectivity index (χ4n) is 3.89. The van der Waals surface area contributed by atoms with E-state index in [2.05, 4.69) is 30.3 Å². The molecule has 0 heterocycles. The molecule has 0 aliphatic carbocycles. The number of esters is 2. The van der Waals surface area contributed by atoms with Crippen LogP contribution in [0.5, 0.6) is 11.5 Å². The van der Waals surface area contributed by atoms with E-state index in [1.807, 2.05) is 0 Å². The molecular weight excluding hydrogens is 615 g/mol. The maximum Gasteiger partial charge on any atom is 0.418 e. The van der Waals surface area contributed by atoms with Crippen LogP contribution >= 0.6 is 0 Å². The van der Waals surface area contributed by atoms with Gasteiger partial charge in [-0.1, -0.05) is 25.0 Å². The van der Waals surface area contributed by atoms with Crippen LogP contribution in [0.1, 0.15) is 52.7 Å². The Kier molecular flexibility index (Phi) is 14.1. The molecule has 0 fully saturated rings. The van der Waals surface area contributed by atoms with E-state index in [9.17, 15) is 27.6 Å². The lowest BCUT2D eigenvalue weighted by Crippen LogP contribution is -2.17. The van der Waals surface area contributed by atoms with Gasteiger partial charge in [0.2, 0.25) is 0 Å². The van der Waals surface area contributed by atoms with Crippen molar-refractivity contribution < 1.29 is 46.5 Å². The quantitative estimate of drug-likeness (QED) is 0.0763. The topological polar surface area (TPSA) is 100 Å². The van der Waals surface area contributed by atoms with Gasteiger partial charge in [-0.05, 0) is 92.4 Å². The molecule has 3 rings (SSSR count). The molecule has 1 amide bonds. The highest BCUT2D eigenvalue weighted by Gasteiger charge is 2.34. The first-order chi connectivity index (χ1) is 22.6. The summed E-state index contributed by atoms with van der Waals surface area (Å²) >= 11 is 0. The van der Waals surface area contributed by atoms with E-state index < -0.39 is 35.3 Å². The summed E-state index contributed by atoms with van der Waals surface area (Å²) < 4.78 is 62.8. The third kappa shape index (κ3) is 12.8. The number of halogens is 3. The molecule has 0 bridgehead atoms. The lowest BCUT2D eigenvalue weighted by Gasteiger charge is -2.14. The maximum atomic E-state index is 13.9. The number of benzene rings is 3. The van der Waals surface area contributed by atoms with Gasteiger partial charge in [0.15, 0.2) is 0 Å². The summed E-state index contributed by atoms with van der Waals surface area (Å²) in [5.41, 5.74) is -0.591. The first kappa shape index (κ1) is 36.0. The summed E-state index contributed by atoms with van der Waals surface area (Å²) in [6.45, 7) is 7.92. The molecule has 1 N–H and O–H groups in total. The van der Waals surface area contributed by atoms with Gasteiger partial charge in [0.25, 0.3) is 5.91 Å². The number of hydrogen-bond acceptors (Lipinski definition) is 7. The minimum atomic E-state index is -4.74. The zero-order valence-corrected chi connectivity index (χ0v) is 25.6. The summed E-state index contributed by atoms with van der Waals surface area (Å²) in [5.74, 6) is 4.97. The first-order valence-electron chi connectivity index (χ1n) is 14.7. The van der Waals surface area contributed by atoms with Crippen molar-refractivity contribution in [2.24, 2.45) is 0 Å². The van der Waals surface area contributed by atoms with Gasteiger partial charge < -0.3 is 24.3 Å². The Balaban J connectivity index is 1.54. The molecule has 11 heteroatoms. The van der Waals surface area contributed by atoms with Gasteiger partial charge in [-0.2, -0.15) is 13.2 Å². The number of rotatable bonds is 16. The average molecular weight is 650 g/mol. The number of amides is 1. The molecule has 0 spiro atoms. The van der Waals surface area contributed by atoms with E-state index in [1.165, 1.54) is 24.3 Å². The molecule has 0 aromatic heterocycles. The third-order valence-electron chi connectivity index (χ3n) is 6.33. The van der Waals surface area contributed by atoms with Crippen molar-refractivity contribution in [3.63, 3.8) is 0 Å². The number of hydrogen-bond donors (Lipinski definition) is 1. The average Bonchev–Trinajstić information content (AvgIpc) is 3.07. The number of alkyl halides is 3. The van der Waals surface area contributed by atoms with Gasteiger partial charge in [0.1, 0.15) is 11.5 Å². The number of anilines is 1. The van der Waals surface area contributed by atoms with E-state index in [4.69, 9.17) is 18.9 Å². The summed E-state index contributed by atoms with van der Waals surface area (Å²) in [7, 11) is 0. The highest BCUT2D eigenvalue weighted by Crippen LogP contribution is 2.35. The number of unbranched alkanes of at least 4 members (excludes halogenated alkanes) is 2. The Morgan fingerprint density at radius 3 is 1.66 bits per heavy atom. The number of carbonyl (C=O) groups is 3. The van der Waals surface area contributed by atoms with Crippen molar-refractivity contribution in [2.45, 2.75) is 31.9 Å². The van der Waals surface area contributed by atoms with Crippen molar-refractivity contribution in [2.75, 3.05) is 31.7 Å². The summed E-state index contributed by atoms with van der Waals surface area (Å²) in [4.78, 5) is 34.8. The van der Waals surface area contributed by atoms with Crippen LogP contribution in [0, 0.1) is 11.8 Å². The van der Waals surface area contributed by atoms with Crippen molar-refractivity contribution in [1.82, 2.24) is 0 Å². The predicted octanol–water partition coefficient (Wildman–Crippen LogP) is 7.13. The van der Waals surface area contributed by atoms with E-state index in [1.54, 1.807) is 36.4 Å². The van der Waals surface area contributed by atoms with E-state index in [0.717, 1.165) is 18.2 Å². The van der Waals surface area contributed by atoms with Crippen molar-refractivity contribution >= 4 is 23.5 Å². The molecule has 47 heavy (non-hydrogen) atoms. The van der Waals surface area contributed by atoms with Crippen molar-refractivity contribution in [3.05, 3.63) is 114 Å². The van der Waals surface area contributed by atoms with Gasteiger partial charge in [-0.25, -0.2) is 9.59 Å². The van der Waals surface area contributed by atoms with Crippen LogP contribution in [0.15, 0.2) is 92.0 Å². The maximum absolute atomic E-state index is 13.9. The Hall–Kier alpha value is -5.50. The molecule has 0 saturated carbocycles. The minimum absolute atomic E-state index is 0.119. The van der Waals surface area contributed by atoms with Crippen LogP contribution in [0.4, 0.5) is 18.9 Å². The lowest BCUT2D eigenvalue weighted by molar-refractivity contribution is -0.138. The summed E-state index contributed by atoms with van der Waals surface area (Å²) in [6, 6.07) is 16.2. The third-order valence-corrected chi connectivity index (χ3v) is 6.33. The molecule has 8 nitrogen and oxygen atoms in total. The van der Waals surface area contributed by atoms with Crippen LogP contribution in [0.3, 0.4) is 0 Å². The smallest absolute Gasteiger partial charge is 0.418 e. The highest BCUT2D eigenvalue weighted by atomic mass is 19.4. The highest BCUT2D eigenvalue weighted by molar-refractivity contribution is 6.04. The molecule has 0 radical (unpaired) electrons. The SMILES string of the molecule is C=CC(=O)OCCCCOc1ccc(C#Cc2ccc(NC(=O)c3ccc(OCCCCOC(=O)C=C)cc3)c(C(F)(F)F)c2)cc1. The van der Waals surface area contributed by atoms with Crippen LogP contribution < -0.4 is 14.8 Å². The second kappa shape index (κ2) is 18.5. The number of carbonyl (C=O) groups excluding carboxylic acids is 3.